The predicted octanol–water partition coefficient (Wildman–Crippen LogP) is 6.46. The molecule has 1 heterocycles. The molecule has 0 bridgehead atoms. The highest BCUT2D eigenvalue weighted by atomic mass is 19.4. The van der Waals surface area contributed by atoms with E-state index < -0.39 is 34.7 Å². The lowest BCUT2D eigenvalue weighted by Crippen LogP contribution is -2.16. The van der Waals surface area contributed by atoms with Gasteiger partial charge < -0.3 is 23.4 Å². The summed E-state index contributed by atoms with van der Waals surface area (Å²) in [5.41, 5.74) is 0.143. The van der Waals surface area contributed by atoms with Crippen LogP contribution in [0.5, 0.6) is 28.7 Å². The standard InChI is InChI=1S/C27H21F3O7/c1-14-9-15(2)11-18(10-14)35-24-23(31)19-7-6-17(13-21(19)37-25(24)27(28,29)30)36-26(32)16-5-8-20(33-3)22(12-16)34-4/h5-13H,1-4H3. The summed E-state index contributed by atoms with van der Waals surface area (Å²) in [4.78, 5) is 25.6. The molecule has 0 aliphatic heterocycles. The molecule has 0 saturated carbocycles. The van der Waals surface area contributed by atoms with Gasteiger partial charge in [0.15, 0.2) is 11.5 Å². The number of hydrogen-bond donors (Lipinski definition) is 0. The van der Waals surface area contributed by atoms with E-state index in [4.69, 9.17) is 23.4 Å². The fourth-order valence-corrected chi connectivity index (χ4v) is 3.74. The van der Waals surface area contributed by atoms with E-state index in [1.807, 2.05) is 6.07 Å². The number of benzene rings is 3. The Morgan fingerprint density at radius 2 is 1.51 bits per heavy atom. The molecule has 0 atom stereocenters. The Labute approximate surface area is 208 Å². The number of rotatable bonds is 6. The van der Waals surface area contributed by atoms with Gasteiger partial charge in [-0.25, -0.2) is 4.79 Å². The van der Waals surface area contributed by atoms with Crippen molar-refractivity contribution in [2.75, 3.05) is 14.2 Å². The molecule has 0 unspecified atom stereocenters. The van der Waals surface area contributed by atoms with Crippen LogP contribution in [0.3, 0.4) is 0 Å². The summed E-state index contributed by atoms with van der Waals surface area (Å²) in [5, 5.41) is -0.182. The normalized spacial score (nSPS) is 11.3. The fourth-order valence-electron chi connectivity index (χ4n) is 3.74. The van der Waals surface area contributed by atoms with Gasteiger partial charge in [0.1, 0.15) is 17.1 Å². The third-order valence-corrected chi connectivity index (χ3v) is 5.32. The number of halogens is 3. The zero-order valence-corrected chi connectivity index (χ0v) is 20.2. The lowest BCUT2D eigenvalue weighted by atomic mass is 10.1. The van der Waals surface area contributed by atoms with Gasteiger partial charge in [-0.2, -0.15) is 13.2 Å². The van der Waals surface area contributed by atoms with Crippen molar-refractivity contribution in [2.45, 2.75) is 20.0 Å². The molecular formula is C27H21F3O7. The summed E-state index contributed by atoms with van der Waals surface area (Å²) in [6.45, 7) is 3.50. The molecule has 3 aromatic carbocycles. The Hall–Kier alpha value is -4.47. The van der Waals surface area contributed by atoms with E-state index in [-0.39, 0.29) is 28.2 Å². The average Bonchev–Trinajstić information content (AvgIpc) is 2.83. The molecule has 0 aliphatic rings. The molecule has 7 nitrogen and oxygen atoms in total. The summed E-state index contributed by atoms with van der Waals surface area (Å²) in [5.74, 6) is -2.79. The maximum Gasteiger partial charge on any atom is 0.453 e. The molecular weight excluding hydrogens is 493 g/mol. The van der Waals surface area contributed by atoms with Gasteiger partial charge in [0, 0.05) is 6.07 Å². The first-order valence-electron chi connectivity index (χ1n) is 10.9. The van der Waals surface area contributed by atoms with Gasteiger partial charge in [-0.1, -0.05) is 6.07 Å². The predicted molar refractivity (Wildman–Crippen MR) is 128 cm³/mol. The monoisotopic (exact) mass is 514 g/mol. The Bertz CT molecular complexity index is 1530. The van der Waals surface area contributed by atoms with Crippen LogP contribution in [-0.2, 0) is 6.18 Å². The molecule has 0 fully saturated rings. The summed E-state index contributed by atoms with van der Waals surface area (Å²) >= 11 is 0. The van der Waals surface area contributed by atoms with E-state index in [1.54, 1.807) is 13.8 Å². The SMILES string of the molecule is COc1ccc(C(=O)Oc2ccc3c(=O)c(Oc4cc(C)cc(C)c4)c(C(F)(F)F)oc3c2)cc1OC. The number of ether oxygens (including phenoxy) is 4. The molecule has 10 heteroatoms. The van der Waals surface area contributed by atoms with Crippen LogP contribution in [0.1, 0.15) is 27.2 Å². The topological polar surface area (TPSA) is 84.2 Å². The Kier molecular flexibility index (Phi) is 6.84. The zero-order chi connectivity index (χ0) is 26.9. The maximum atomic E-state index is 13.9. The quantitative estimate of drug-likeness (QED) is 0.216. The van der Waals surface area contributed by atoms with Crippen LogP contribution < -0.4 is 24.4 Å². The van der Waals surface area contributed by atoms with Gasteiger partial charge >= 0.3 is 12.1 Å². The molecule has 192 valence electrons. The highest BCUT2D eigenvalue weighted by Gasteiger charge is 2.40. The Balaban J connectivity index is 1.73. The highest BCUT2D eigenvalue weighted by molar-refractivity contribution is 5.92. The van der Waals surface area contributed by atoms with Gasteiger partial charge in [0.2, 0.25) is 11.2 Å². The third-order valence-electron chi connectivity index (χ3n) is 5.32. The van der Waals surface area contributed by atoms with Crippen molar-refractivity contribution in [3.05, 3.63) is 87.3 Å². The zero-order valence-electron chi connectivity index (χ0n) is 20.2. The number of fused-ring (bicyclic) bond motifs is 1. The number of esters is 1. The van der Waals surface area contributed by atoms with Crippen LogP contribution in [0.25, 0.3) is 11.0 Å². The lowest BCUT2D eigenvalue weighted by molar-refractivity contribution is -0.154. The Morgan fingerprint density at radius 3 is 2.14 bits per heavy atom. The van der Waals surface area contributed by atoms with Crippen LogP contribution in [-0.4, -0.2) is 20.2 Å². The maximum absolute atomic E-state index is 13.9. The van der Waals surface area contributed by atoms with Crippen molar-refractivity contribution < 1.29 is 41.3 Å². The molecule has 0 saturated heterocycles. The van der Waals surface area contributed by atoms with Crippen molar-refractivity contribution in [1.29, 1.82) is 0 Å². The number of methoxy groups -OCH3 is 2. The lowest BCUT2D eigenvalue weighted by Gasteiger charge is -2.14. The van der Waals surface area contributed by atoms with E-state index >= 15 is 0 Å². The second kappa shape index (κ2) is 9.88. The minimum atomic E-state index is -5.03. The first-order chi connectivity index (χ1) is 17.5. The Morgan fingerprint density at radius 1 is 0.838 bits per heavy atom. The summed E-state index contributed by atoms with van der Waals surface area (Å²) in [7, 11) is 2.83. The van der Waals surface area contributed by atoms with Crippen molar-refractivity contribution in [3.63, 3.8) is 0 Å². The van der Waals surface area contributed by atoms with Gasteiger partial charge in [-0.3, -0.25) is 4.79 Å². The molecule has 0 N–H and O–H groups in total. The molecule has 0 radical (unpaired) electrons. The van der Waals surface area contributed by atoms with Crippen molar-refractivity contribution in [2.24, 2.45) is 0 Å². The van der Waals surface area contributed by atoms with Gasteiger partial charge in [0.05, 0.1) is 25.2 Å². The summed E-state index contributed by atoms with van der Waals surface area (Å²) < 4.78 is 67.6. The summed E-state index contributed by atoms with van der Waals surface area (Å²) in [6, 6.07) is 12.7. The van der Waals surface area contributed by atoms with Crippen LogP contribution in [0.2, 0.25) is 0 Å². The minimum Gasteiger partial charge on any atom is -0.493 e. The number of hydrogen-bond acceptors (Lipinski definition) is 7. The van der Waals surface area contributed by atoms with Crippen molar-refractivity contribution >= 4 is 16.9 Å². The molecule has 1 aromatic heterocycles. The second-order valence-corrected chi connectivity index (χ2v) is 8.13. The molecule has 0 aliphatic carbocycles. The van der Waals surface area contributed by atoms with E-state index in [2.05, 4.69) is 0 Å². The van der Waals surface area contributed by atoms with E-state index in [0.29, 0.717) is 5.75 Å². The van der Waals surface area contributed by atoms with Crippen LogP contribution in [0.4, 0.5) is 13.2 Å². The first kappa shape index (κ1) is 25.6. The van der Waals surface area contributed by atoms with Gasteiger partial charge in [-0.05, 0) is 67.4 Å². The van der Waals surface area contributed by atoms with E-state index in [0.717, 1.165) is 17.2 Å². The molecule has 37 heavy (non-hydrogen) atoms. The average molecular weight is 514 g/mol. The molecule has 4 rings (SSSR count). The van der Waals surface area contributed by atoms with Crippen LogP contribution in [0.15, 0.2) is 63.8 Å². The number of alkyl halides is 3. The second-order valence-electron chi connectivity index (χ2n) is 8.13. The number of carbonyl (C=O) groups is 1. The van der Waals surface area contributed by atoms with Crippen LogP contribution in [0, 0.1) is 13.8 Å². The van der Waals surface area contributed by atoms with Crippen molar-refractivity contribution in [3.8, 4) is 28.7 Å². The molecule has 4 aromatic rings. The smallest absolute Gasteiger partial charge is 0.453 e. The van der Waals surface area contributed by atoms with Gasteiger partial charge in [0.25, 0.3) is 5.76 Å². The van der Waals surface area contributed by atoms with E-state index in [9.17, 15) is 22.8 Å². The highest BCUT2D eigenvalue weighted by Crippen LogP contribution is 2.39. The van der Waals surface area contributed by atoms with Crippen molar-refractivity contribution in [1.82, 2.24) is 0 Å². The van der Waals surface area contributed by atoms with Crippen LogP contribution >= 0.6 is 0 Å². The largest absolute Gasteiger partial charge is 0.493 e. The fraction of sp³-hybridized carbons (Fsp3) is 0.185. The minimum absolute atomic E-state index is 0.0649. The van der Waals surface area contributed by atoms with Gasteiger partial charge in [-0.15, -0.1) is 0 Å². The number of carbonyl (C=O) groups excluding carboxylic acids is 1. The molecule has 0 spiro atoms. The summed E-state index contributed by atoms with van der Waals surface area (Å²) in [6.07, 6.45) is -5.03. The number of aryl methyl sites for hydroxylation is 2. The third kappa shape index (κ3) is 5.37. The van der Waals surface area contributed by atoms with E-state index in [1.165, 1.54) is 56.7 Å². The molecule has 0 amide bonds. The first-order valence-corrected chi connectivity index (χ1v) is 10.9.